The van der Waals surface area contributed by atoms with Gasteiger partial charge >= 0.3 is 0 Å². The molecule has 5 heterocycles. The lowest BCUT2D eigenvalue weighted by Gasteiger charge is -2.58. The van der Waals surface area contributed by atoms with E-state index in [1.54, 1.807) is 0 Å². The lowest BCUT2D eigenvalue weighted by atomic mass is 9.68. The van der Waals surface area contributed by atoms with Gasteiger partial charge in [-0.15, -0.1) is 0 Å². The number of ether oxygens (including phenoxy) is 1. The van der Waals surface area contributed by atoms with Gasteiger partial charge in [0.2, 0.25) is 0 Å². The Balaban J connectivity index is 1.10. The average molecular weight is 599 g/mol. The summed E-state index contributed by atoms with van der Waals surface area (Å²) in [5.74, 6) is 5.84. The Hall–Kier alpha value is -2.22. The summed E-state index contributed by atoms with van der Waals surface area (Å²) in [6, 6.07) is 11.9. The van der Waals surface area contributed by atoms with Crippen LogP contribution in [-0.2, 0) is 24.8 Å². The molecular weight excluding hydrogens is 544 g/mol. The number of aryl methyl sites for hydroxylation is 1. The van der Waals surface area contributed by atoms with Crippen LogP contribution in [0.3, 0.4) is 0 Å². The summed E-state index contributed by atoms with van der Waals surface area (Å²) in [6.07, 6.45) is 19.1. The van der Waals surface area contributed by atoms with Crippen molar-refractivity contribution in [2.75, 3.05) is 19.8 Å². The maximum absolute atomic E-state index is 6.09. The van der Waals surface area contributed by atoms with Crippen molar-refractivity contribution in [2.24, 2.45) is 30.7 Å². The van der Waals surface area contributed by atoms with E-state index >= 15 is 0 Å². The number of nitrogens with zero attached hydrogens (tertiary/aromatic N) is 6. The molecule has 7 nitrogen and oxygen atoms in total. The summed E-state index contributed by atoms with van der Waals surface area (Å²) < 4.78 is 11.0. The average Bonchev–Trinajstić information content (AvgIpc) is 3.55. The Bertz CT molecular complexity index is 1400. The molecular formula is C37H54N6O. The molecule has 0 amide bonds. The van der Waals surface area contributed by atoms with Gasteiger partial charge in [0.25, 0.3) is 0 Å². The van der Waals surface area contributed by atoms with Crippen LogP contribution in [0.5, 0.6) is 0 Å². The van der Waals surface area contributed by atoms with Crippen LogP contribution in [0.1, 0.15) is 95.7 Å². The highest BCUT2D eigenvalue weighted by molar-refractivity contribution is 5.76. The van der Waals surface area contributed by atoms with E-state index in [0.717, 1.165) is 73.8 Å². The van der Waals surface area contributed by atoms with Crippen molar-refractivity contribution in [3.8, 4) is 0 Å². The molecule has 5 fully saturated rings. The van der Waals surface area contributed by atoms with E-state index in [4.69, 9.17) is 9.72 Å². The van der Waals surface area contributed by atoms with Crippen molar-refractivity contribution in [1.29, 1.82) is 0 Å². The molecule has 9 atom stereocenters. The number of para-hydroxylation sites is 2. The highest BCUT2D eigenvalue weighted by atomic mass is 16.5. The molecule has 5 aliphatic rings. The van der Waals surface area contributed by atoms with E-state index in [9.17, 15) is 0 Å². The minimum absolute atomic E-state index is 0.305. The third kappa shape index (κ3) is 5.45. The topological polar surface area (TPSA) is 51.4 Å². The number of fused-ring (bicyclic) bond motifs is 5. The first kappa shape index (κ1) is 29.2. The first-order valence-electron chi connectivity index (χ1n) is 18.0. The Kier molecular flexibility index (Phi) is 8.08. The summed E-state index contributed by atoms with van der Waals surface area (Å²) >= 11 is 0. The summed E-state index contributed by atoms with van der Waals surface area (Å²) in [7, 11) is 2.10. The normalized spacial score (nSPS) is 36.8. The standard InChI is InChI=1S/C37H54N6O/c1-25-16-26(2)35-21-30(20-34(25)42(35)29-18-27-8-4-5-9-28(17-27)19-29)43-33-11-7-6-10-32(33)39-36(43)22-31-24-44-15-14-41(31)23-37-38-12-13-40(37)3/h6-7,10-13,25-31,34-35H,4-5,8-9,14-24H2,1-3H3/t25-,26?,27-,28+,29?,30?,31-,34?,35?/m1/s1. The number of morpholine rings is 1. The van der Waals surface area contributed by atoms with E-state index in [1.165, 1.54) is 75.5 Å². The molecule has 7 heteroatoms. The molecule has 0 spiro atoms. The van der Waals surface area contributed by atoms with Gasteiger partial charge in [-0.1, -0.05) is 51.7 Å². The Morgan fingerprint density at radius 2 is 1.61 bits per heavy atom. The van der Waals surface area contributed by atoms with Crippen LogP contribution in [-0.4, -0.2) is 72.8 Å². The van der Waals surface area contributed by atoms with Crippen molar-refractivity contribution in [3.05, 3.63) is 48.3 Å². The van der Waals surface area contributed by atoms with Gasteiger partial charge in [0.15, 0.2) is 0 Å². The second-order valence-electron chi connectivity index (χ2n) is 15.5. The monoisotopic (exact) mass is 598 g/mol. The Morgan fingerprint density at radius 3 is 2.34 bits per heavy atom. The smallest absolute Gasteiger partial charge is 0.122 e. The lowest BCUT2D eigenvalue weighted by Crippen LogP contribution is -2.62. The van der Waals surface area contributed by atoms with E-state index in [-0.39, 0.29) is 0 Å². The van der Waals surface area contributed by atoms with Crippen LogP contribution in [0.2, 0.25) is 0 Å². The highest BCUT2D eigenvalue weighted by Gasteiger charge is 2.49. The van der Waals surface area contributed by atoms with Crippen LogP contribution < -0.4 is 0 Å². The second kappa shape index (κ2) is 12.2. The zero-order valence-corrected chi connectivity index (χ0v) is 27.4. The van der Waals surface area contributed by atoms with E-state index in [1.807, 2.05) is 6.20 Å². The third-order valence-electron chi connectivity index (χ3n) is 12.7. The number of imidazole rings is 2. The minimum Gasteiger partial charge on any atom is -0.378 e. The van der Waals surface area contributed by atoms with Gasteiger partial charge in [0.1, 0.15) is 11.6 Å². The lowest BCUT2D eigenvalue weighted by molar-refractivity contribution is -0.0870. The summed E-state index contributed by atoms with van der Waals surface area (Å²) in [6.45, 7) is 8.50. The summed E-state index contributed by atoms with van der Waals surface area (Å²) in [5.41, 5.74) is 2.48. The predicted octanol–water partition coefficient (Wildman–Crippen LogP) is 6.62. The third-order valence-corrected chi connectivity index (χ3v) is 12.7. The molecule has 2 aromatic heterocycles. The number of rotatable bonds is 6. The number of aromatic nitrogens is 4. The Labute approximate surface area is 264 Å². The van der Waals surface area contributed by atoms with Crippen molar-refractivity contribution in [1.82, 2.24) is 28.9 Å². The maximum atomic E-state index is 6.09. The fraction of sp³-hybridized carbons (Fsp3) is 0.730. The van der Waals surface area contributed by atoms with E-state index in [0.29, 0.717) is 24.2 Å². The molecule has 0 radical (unpaired) electrons. The van der Waals surface area contributed by atoms with Crippen molar-refractivity contribution in [2.45, 2.75) is 121 Å². The van der Waals surface area contributed by atoms with Gasteiger partial charge in [-0.2, -0.15) is 0 Å². The zero-order valence-electron chi connectivity index (χ0n) is 27.4. The van der Waals surface area contributed by atoms with Gasteiger partial charge in [0, 0.05) is 62.6 Å². The molecule has 3 aliphatic heterocycles. The van der Waals surface area contributed by atoms with Crippen LogP contribution in [0.4, 0.5) is 0 Å². The van der Waals surface area contributed by atoms with Gasteiger partial charge in [-0.05, 0) is 74.3 Å². The molecule has 44 heavy (non-hydrogen) atoms. The van der Waals surface area contributed by atoms with Crippen LogP contribution in [0, 0.1) is 23.7 Å². The fourth-order valence-electron chi connectivity index (χ4n) is 10.6. The van der Waals surface area contributed by atoms with Gasteiger partial charge in [0.05, 0.1) is 30.8 Å². The SMILES string of the molecule is CC1C[C@@H](C)C2CC(n3c(C[C@@H]4COCCN4Cc4nccn4C)nc4ccccc43)CC1N2C1C[C@H]2CCCC[C@@H](C1)C2. The highest BCUT2D eigenvalue weighted by Crippen LogP contribution is 2.50. The number of hydrogen-bond acceptors (Lipinski definition) is 5. The van der Waals surface area contributed by atoms with Crippen LogP contribution in [0.15, 0.2) is 36.7 Å². The molecule has 5 unspecified atom stereocenters. The number of piperidine rings is 2. The van der Waals surface area contributed by atoms with Crippen molar-refractivity contribution >= 4 is 11.0 Å². The zero-order chi connectivity index (χ0) is 29.8. The molecule has 2 aliphatic carbocycles. The first-order chi connectivity index (χ1) is 21.5. The number of benzene rings is 1. The molecule has 1 aromatic carbocycles. The Morgan fingerprint density at radius 1 is 0.864 bits per heavy atom. The summed E-state index contributed by atoms with van der Waals surface area (Å²) in [4.78, 5) is 15.7. The van der Waals surface area contributed by atoms with Crippen molar-refractivity contribution < 1.29 is 4.74 Å². The van der Waals surface area contributed by atoms with Gasteiger partial charge < -0.3 is 13.9 Å². The van der Waals surface area contributed by atoms with E-state index < -0.39 is 0 Å². The molecule has 2 saturated carbocycles. The summed E-state index contributed by atoms with van der Waals surface area (Å²) in [5, 5.41) is 0. The van der Waals surface area contributed by atoms with Crippen LogP contribution in [0.25, 0.3) is 11.0 Å². The first-order valence-corrected chi connectivity index (χ1v) is 18.0. The largest absolute Gasteiger partial charge is 0.378 e. The van der Waals surface area contributed by atoms with E-state index in [2.05, 4.69) is 75.3 Å². The number of hydrogen-bond donors (Lipinski definition) is 0. The van der Waals surface area contributed by atoms with Crippen molar-refractivity contribution in [3.63, 3.8) is 0 Å². The second-order valence-corrected chi connectivity index (χ2v) is 15.5. The minimum atomic E-state index is 0.305. The fourth-order valence-corrected chi connectivity index (χ4v) is 10.6. The van der Waals surface area contributed by atoms with Gasteiger partial charge in [-0.25, -0.2) is 9.97 Å². The van der Waals surface area contributed by atoms with Gasteiger partial charge in [-0.3, -0.25) is 9.80 Å². The quantitative estimate of drug-likeness (QED) is 0.319. The molecule has 8 rings (SSSR count). The molecule has 3 saturated heterocycles. The molecule has 3 aromatic rings. The van der Waals surface area contributed by atoms with Crippen LogP contribution >= 0.6 is 0 Å². The molecule has 238 valence electrons. The molecule has 4 bridgehead atoms. The molecule has 0 N–H and O–H groups in total. The predicted molar refractivity (Wildman–Crippen MR) is 175 cm³/mol. The maximum Gasteiger partial charge on any atom is 0.122 e.